The predicted molar refractivity (Wildman–Crippen MR) is 106 cm³/mol. The van der Waals surface area contributed by atoms with Gasteiger partial charge in [-0.1, -0.05) is 24.3 Å². The van der Waals surface area contributed by atoms with Crippen LogP contribution in [0.15, 0.2) is 42.6 Å². The molecule has 1 fully saturated rings. The number of aromatic nitrogens is 1. The molecule has 5 nitrogen and oxygen atoms in total. The Bertz CT molecular complexity index is 897. The Morgan fingerprint density at radius 2 is 2.00 bits per heavy atom. The zero-order chi connectivity index (χ0) is 21.7. The number of nitrogens with one attached hydrogen (secondary N) is 1. The molecule has 2 heterocycles. The van der Waals surface area contributed by atoms with Gasteiger partial charge in [0.2, 0.25) is 11.8 Å². The highest BCUT2D eigenvalue weighted by Gasteiger charge is 2.30. The molecule has 0 aliphatic carbocycles. The van der Waals surface area contributed by atoms with E-state index in [1.165, 1.54) is 13.0 Å². The summed E-state index contributed by atoms with van der Waals surface area (Å²) in [7, 11) is 0. The maximum atomic E-state index is 12.9. The van der Waals surface area contributed by atoms with Crippen LogP contribution in [0.4, 0.5) is 13.2 Å². The van der Waals surface area contributed by atoms with Crippen molar-refractivity contribution in [3.8, 4) is 0 Å². The second-order valence-electron chi connectivity index (χ2n) is 7.55. The van der Waals surface area contributed by atoms with Crippen LogP contribution in [0.25, 0.3) is 0 Å². The number of pyridine rings is 1. The highest BCUT2D eigenvalue weighted by molar-refractivity contribution is 5.83. The summed E-state index contributed by atoms with van der Waals surface area (Å²) >= 11 is 0. The average Bonchev–Trinajstić information content (AvgIpc) is 2.72. The Morgan fingerprint density at radius 1 is 1.20 bits per heavy atom. The fraction of sp³-hybridized carbons (Fsp3) is 0.409. The van der Waals surface area contributed by atoms with Gasteiger partial charge in [0.25, 0.3) is 0 Å². The Hall–Kier alpha value is -2.90. The van der Waals surface area contributed by atoms with E-state index >= 15 is 0 Å². The normalized spacial score (nSPS) is 16.9. The molecule has 1 aromatic carbocycles. The molecule has 30 heavy (non-hydrogen) atoms. The fourth-order valence-electron chi connectivity index (χ4n) is 3.63. The lowest BCUT2D eigenvalue weighted by Crippen LogP contribution is -2.44. The van der Waals surface area contributed by atoms with Crippen LogP contribution in [0.2, 0.25) is 0 Å². The first-order valence-corrected chi connectivity index (χ1v) is 9.85. The molecular formula is C22H24F3N3O2. The molecule has 0 bridgehead atoms. The summed E-state index contributed by atoms with van der Waals surface area (Å²) < 4.78 is 38.6. The maximum Gasteiger partial charge on any atom is 0.416 e. The van der Waals surface area contributed by atoms with Crippen LogP contribution < -0.4 is 5.32 Å². The molecule has 1 aliphatic rings. The molecule has 2 aromatic rings. The molecular weight excluding hydrogens is 395 g/mol. The van der Waals surface area contributed by atoms with E-state index in [2.05, 4.69) is 10.3 Å². The molecule has 1 saturated heterocycles. The molecule has 160 valence electrons. The second-order valence-corrected chi connectivity index (χ2v) is 7.55. The minimum atomic E-state index is -4.36. The minimum Gasteiger partial charge on any atom is -0.347 e. The number of halogens is 3. The van der Waals surface area contributed by atoms with Gasteiger partial charge in [0.05, 0.1) is 12.1 Å². The summed E-state index contributed by atoms with van der Waals surface area (Å²) in [5, 5.41) is 2.52. The summed E-state index contributed by atoms with van der Waals surface area (Å²) in [6.45, 7) is 2.56. The molecule has 1 N–H and O–H groups in total. The molecule has 1 aromatic heterocycles. The molecule has 1 unspecified atom stereocenters. The van der Waals surface area contributed by atoms with Gasteiger partial charge in [0, 0.05) is 37.8 Å². The van der Waals surface area contributed by atoms with Crippen molar-refractivity contribution in [2.75, 3.05) is 19.6 Å². The van der Waals surface area contributed by atoms with E-state index in [0.29, 0.717) is 25.1 Å². The van der Waals surface area contributed by atoms with E-state index in [1.807, 2.05) is 12.1 Å². The summed E-state index contributed by atoms with van der Waals surface area (Å²) in [5.74, 6) is -0.256. The van der Waals surface area contributed by atoms with E-state index < -0.39 is 11.7 Å². The van der Waals surface area contributed by atoms with Gasteiger partial charge in [-0.25, -0.2) is 0 Å². The molecule has 0 radical (unpaired) electrons. The molecule has 8 heteroatoms. The van der Waals surface area contributed by atoms with Crippen molar-refractivity contribution in [2.24, 2.45) is 0 Å². The summed E-state index contributed by atoms with van der Waals surface area (Å²) in [5.41, 5.74) is 1.61. The SMILES string of the molecule is CC(=O)NCC(=O)N1CCCC(c2ccc(Cc3cccc(C(F)(F)F)c3)cn2)C1. The third-order valence-corrected chi connectivity index (χ3v) is 5.19. The van der Waals surface area contributed by atoms with Crippen LogP contribution in [0.1, 0.15) is 48.1 Å². The lowest BCUT2D eigenvalue weighted by molar-refractivity contribution is -0.137. The molecule has 0 spiro atoms. The Balaban J connectivity index is 1.63. The number of likely N-dealkylation sites (tertiary alicyclic amines) is 1. The van der Waals surface area contributed by atoms with Crippen molar-refractivity contribution in [1.29, 1.82) is 0 Å². The van der Waals surface area contributed by atoms with Gasteiger partial charge in [-0.2, -0.15) is 13.2 Å². The van der Waals surface area contributed by atoms with Crippen LogP contribution >= 0.6 is 0 Å². The largest absolute Gasteiger partial charge is 0.416 e. The fourth-order valence-corrected chi connectivity index (χ4v) is 3.63. The Morgan fingerprint density at radius 3 is 2.67 bits per heavy atom. The second kappa shape index (κ2) is 9.28. The number of alkyl halides is 3. The van der Waals surface area contributed by atoms with Crippen molar-refractivity contribution >= 4 is 11.8 Å². The molecule has 1 atom stereocenters. The summed E-state index contributed by atoms with van der Waals surface area (Å²) in [6.07, 6.45) is -0.548. The number of hydrogen-bond acceptors (Lipinski definition) is 3. The summed E-state index contributed by atoms with van der Waals surface area (Å²) in [6, 6.07) is 9.06. The van der Waals surface area contributed by atoms with Gasteiger partial charge in [0.15, 0.2) is 0 Å². The number of amides is 2. The topological polar surface area (TPSA) is 62.3 Å². The van der Waals surface area contributed by atoms with E-state index in [-0.39, 0.29) is 24.3 Å². The number of hydrogen-bond donors (Lipinski definition) is 1. The van der Waals surface area contributed by atoms with Crippen molar-refractivity contribution in [3.05, 3.63) is 65.0 Å². The van der Waals surface area contributed by atoms with Crippen LogP contribution in [0.5, 0.6) is 0 Å². The maximum absolute atomic E-state index is 12.9. The lowest BCUT2D eigenvalue weighted by Gasteiger charge is -2.32. The monoisotopic (exact) mass is 419 g/mol. The van der Waals surface area contributed by atoms with Crippen LogP contribution in [-0.4, -0.2) is 41.3 Å². The quantitative estimate of drug-likeness (QED) is 0.807. The third-order valence-electron chi connectivity index (χ3n) is 5.19. The van der Waals surface area contributed by atoms with Gasteiger partial charge in [-0.15, -0.1) is 0 Å². The highest BCUT2D eigenvalue weighted by atomic mass is 19.4. The first-order valence-electron chi connectivity index (χ1n) is 9.85. The first-order chi connectivity index (χ1) is 14.2. The van der Waals surface area contributed by atoms with E-state index in [0.717, 1.165) is 36.2 Å². The first kappa shape index (κ1) is 21.8. The number of carbonyl (C=O) groups excluding carboxylic acids is 2. The number of piperidine rings is 1. The van der Waals surface area contributed by atoms with Crippen molar-refractivity contribution in [2.45, 2.75) is 38.3 Å². The predicted octanol–water partition coefficient (Wildman–Crippen LogP) is 3.53. The number of benzene rings is 1. The number of rotatable bonds is 5. The smallest absolute Gasteiger partial charge is 0.347 e. The molecule has 0 saturated carbocycles. The van der Waals surface area contributed by atoms with Crippen LogP contribution in [-0.2, 0) is 22.2 Å². The van der Waals surface area contributed by atoms with E-state index in [4.69, 9.17) is 0 Å². The minimum absolute atomic E-state index is 0.00852. The highest BCUT2D eigenvalue weighted by Crippen LogP contribution is 2.30. The molecule has 3 rings (SSSR count). The lowest BCUT2D eigenvalue weighted by atomic mass is 9.93. The van der Waals surface area contributed by atoms with E-state index in [1.54, 1.807) is 17.2 Å². The zero-order valence-corrected chi connectivity index (χ0v) is 16.7. The van der Waals surface area contributed by atoms with Gasteiger partial charge in [-0.3, -0.25) is 14.6 Å². The van der Waals surface area contributed by atoms with Crippen molar-refractivity contribution < 1.29 is 22.8 Å². The standard InChI is InChI=1S/C22H24F3N3O2/c1-15(29)26-13-21(30)28-9-3-5-18(14-28)20-8-7-17(12-27-20)10-16-4-2-6-19(11-16)22(23,24)25/h2,4,6-8,11-12,18H,3,5,9-10,13-14H2,1H3,(H,26,29). The van der Waals surface area contributed by atoms with Gasteiger partial charge >= 0.3 is 6.18 Å². The zero-order valence-electron chi connectivity index (χ0n) is 16.7. The summed E-state index contributed by atoms with van der Waals surface area (Å²) in [4.78, 5) is 29.5. The average molecular weight is 419 g/mol. The Kier molecular flexibility index (Phi) is 6.74. The number of nitrogens with zero attached hydrogens (tertiary/aromatic N) is 2. The van der Waals surface area contributed by atoms with Crippen LogP contribution in [0, 0.1) is 0 Å². The van der Waals surface area contributed by atoms with Crippen LogP contribution in [0.3, 0.4) is 0 Å². The Labute approximate surface area is 173 Å². The van der Waals surface area contributed by atoms with E-state index in [9.17, 15) is 22.8 Å². The van der Waals surface area contributed by atoms with Gasteiger partial charge in [-0.05, 0) is 42.5 Å². The molecule has 2 amide bonds. The third kappa shape index (κ3) is 5.81. The number of carbonyl (C=O) groups is 2. The van der Waals surface area contributed by atoms with Gasteiger partial charge < -0.3 is 10.2 Å². The molecule has 1 aliphatic heterocycles. The van der Waals surface area contributed by atoms with Crippen molar-refractivity contribution in [1.82, 2.24) is 15.2 Å². The van der Waals surface area contributed by atoms with Gasteiger partial charge in [0.1, 0.15) is 0 Å². The van der Waals surface area contributed by atoms with Crippen molar-refractivity contribution in [3.63, 3.8) is 0 Å².